The fraction of sp³-hybridized carbons (Fsp3) is 0.250. The molecular formula is C24H24Cl2Zr+2. The number of allylic oxidation sites excluding steroid dienone is 8. The molecule has 0 aromatic heterocycles. The summed E-state index contributed by atoms with van der Waals surface area (Å²) in [7, 11) is 9.87. The molecule has 3 heteroatoms. The standard InChI is InChI=1S/C24H24.2ClH.Zr/c1-15-5-7-17(3)23-19(11-13-21(15)23)9-10-20-12-14-22-16(2)6-8-18(4)24(20)22;;;/h5-8,11-14H,9-10H2,1-4H3;2*1H;/q;;;+4/p-2. The van der Waals surface area contributed by atoms with Crippen molar-refractivity contribution in [3.05, 3.63) is 108 Å². The molecule has 0 aromatic carbocycles. The van der Waals surface area contributed by atoms with Crippen molar-refractivity contribution in [2.24, 2.45) is 0 Å². The van der Waals surface area contributed by atoms with Gasteiger partial charge in [-0.15, -0.1) is 0 Å². The third-order valence-electron chi connectivity index (χ3n) is 5.55. The van der Waals surface area contributed by atoms with Gasteiger partial charge in [-0.3, -0.25) is 0 Å². The van der Waals surface area contributed by atoms with Crippen LogP contribution in [0.3, 0.4) is 0 Å². The number of hydrogen-bond donors (Lipinski definition) is 0. The summed E-state index contributed by atoms with van der Waals surface area (Å²) in [6.45, 7) is 8.89. The van der Waals surface area contributed by atoms with E-state index in [-0.39, 0.29) is 0 Å². The molecule has 0 bridgehead atoms. The van der Waals surface area contributed by atoms with E-state index in [4.69, 9.17) is 17.0 Å². The Balaban J connectivity index is 0.000000659. The zero-order chi connectivity index (χ0) is 19.6. The maximum atomic E-state index is 4.93. The molecule has 0 amide bonds. The second-order valence-corrected chi connectivity index (χ2v) is 11.0. The Morgan fingerprint density at radius 2 is 0.926 bits per heavy atom. The number of hydrogen-bond acceptors (Lipinski definition) is 0. The number of fused-ring (bicyclic) bond motifs is 2. The van der Waals surface area contributed by atoms with Gasteiger partial charge in [0.2, 0.25) is 0 Å². The fourth-order valence-corrected chi connectivity index (χ4v) is 4.17. The van der Waals surface area contributed by atoms with Gasteiger partial charge in [-0.25, -0.2) is 0 Å². The number of rotatable bonds is 3. The van der Waals surface area contributed by atoms with Crippen LogP contribution in [-0.2, 0) is 20.8 Å². The Bertz CT molecular complexity index is 601. The summed E-state index contributed by atoms with van der Waals surface area (Å²) in [6, 6.07) is 0. The molecule has 0 atom stereocenters. The minimum atomic E-state index is -0.826. The molecule has 4 rings (SSSR count). The summed E-state index contributed by atoms with van der Waals surface area (Å²) < 4.78 is 0. The average molecular weight is 475 g/mol. The first-order valence-electron chi connectivity index (χ1n) is 9.23. The van der Waals surface area contributed by atoms with Gasteiger partial charge in [0.05, 0.1) is 0 Å². The monoisotopic (exact) mass is 472 g/mol. The van der Waals surface area contributed by atoms with Gasteiger partial charge in [0.25, 0.3) is 0 Å². The van der Waals surface area contributed by atoms with Gasteiger partial charge < -0.3 is 0 Å². The van der Waals surface area contributed by atoms with E-state index in [0.717, 1.165) is 12.8 Å². The third kappa shape index (κ3) is 4.78. The molecule has 2 fully saturated rings. The van der Waals surface area contributed by atoms with Crippen LogP contribution in [0, 0.1) is 61.2 Å². The summed E-state index contributed by atoms with van der Waals surface area (Å²) in [5, 5.41) is 0. The van der Waals surface area contributed by atoms with Gasteiger partial charge in [-0.1, -0.05) is 46.6 Å². The SMILES string of the molecule is CC1=CC=C(C)[C]2[C](CC[C]3[CH][CH][C]4[C]3C(C)=CC=C4C)[CH][CH][C]21.[Cl][Zr+2][Cl]. The van der Waals surface area contributed by atoms with Gasteiger partial charge in [-0.05, 0) is 78.1 Å². The van der Waals surface area contributed by atoms with Crippen molar-refractivity contribution in [3.8, 4) is 0 Å². The molecule has 0 aromatic rings. The second-order valence-electron chi connectivity index (χ2n) is 7.26. The van der Waals surface area contributed by atoms with Gasteiger partial charge in [0.15, 0.2) is 0 Å². The van der Waals surface area contributed by atoms with E-state index in [9.17, 15) is 0 Å². The molecule has 0 heterocycles. The maximum absolute atomic E-state index is 4.93. The Kier molecular flexibility index (Phi) is 8.15. The van der Waals surface area contributed by atoms with Crippen molar-refractivity contribution in [3.63, 3.8) is 0 Å². The normalized spacial score (nSPS) is 25.0. The van der Waals surface area contributed by atoms with Gasteiger partial charge in [0.1, 0.15) is 0 Å². The van der Waals surface area contributed by atoms with Crippen molar-refractivity contribution < 1.29 is 20.8 Å². The second kappa shape index (κ2) is 9.95. The Morgan fingerprint density at radius 1 is 0.593 bits per heavy atom. The molecule has 4 aliphatic rings. The third-order valence-corrected chi connectivity index (χ3v) is 5.55. The van der Waals surface area contributed by atoms with Crippen LogP contribution in [0.4, 0.5) is 0 Å². The predicted octanol–water partition coefficient (Wildman–Crippen LogP) is 7.25. The van der Waals surface area contributed by atoms with Crippen molar-refractivity contribution in [2.45, 2.75) is 40.5 Å². The number of halogens is 2. The summed E-state index contributed by atoms with van der Waals surface area (Å²) >= 11 is -0.826. The van der Waals surface area contributed by atoms with Gasteiger partial charge in [-0.2, -0.15) is 0 Å². The predicted molar refractivity (Wildman–Crippen MR) is 113 cm³/mol. The molecule has 2 saturated carbocycles. The molecule has 0 aliphatic heterocycles. The summed E-state index contributed by atoms with van der Waals surface area (Å²) in [5.41, 5.74) is 5.56. The molecule has 0 N–H and O–H groups in total. The topological polar surface area (TPSA) is 0 Å². The van der Waals surface area contributed by atoms with Crippen LogP contribution in [-0.4, -0.2) is 0 Å². The van der Waals surface area contributed by atoms with E-state index in [1.807, 2.05) is 0 Å². The van der Waals surface area contributed by atoms with Gasteiger partial charge in [0, 0.05) is 23.7 Å². The molecule has 27 heavy (non-hydrogen) atoms. The minimum absolute atomic E-state index is 0.826. The first-order valence-corrected chi connectivity index (χ1v) is 15.6. The van der Waals surface area contributed by atoms with Crippen molar-refractivity contribution in [1.82, 2.24) is 0 Å². The Morgan fingerprint density at radius 3 is 1.30 bits per heavy atom. The molecule has 10 radical (unpaired) electrons. The zero-order valence-electron chi connectivity index (χ0n) is 16.3. The molecule has 4 aliphatic carbocycles. The van der Waals surface area contributed by atoms with Crippen molar-refractivity contribution >= 4 is 17.0 Å². The van der Waals surface area contributed by atoms with E-state index >= 15 is 0 Å². The first-order chi connectivity index (χ1) is 13.0. The van der Waals surface area contributed by atoms with Crippen LogP contribution < -0.4 is 0 Å². The van der Waals surface area contributed by atoms with E-state index in [0.29, 0.717) is 0 Å². The average Bonchev–Trinajstić information content (AvgIpc) is 3.26. The molecular weight excluding hydrogens is 450 g/mol. The van der Waals surface area contributed by atoms with Gasteiger partial charge >= 0.3 is 37.9 Å². The molecule has 136 valence electrons. The molecule has 0 saturated heterocycles. The fourth-order valence-electron chi connectivity index (χ4n) is 4.17. The van der Waals surface area contributed by atoms with E-state index in [1.165, 1.54) is 57.8 Å². The Hall–Kier alpha value is 0.423. The Labute approximate surface area is 185 Å². The van der Waals surface area contributed by atoms with Crippen molar-refractivity contribution in [1.29, 1.82) is 0 Å². The molecule has 0 nitrogen and oxygen atoms in total. The summed E-state index contributed by atoms with van der Waals surface area (Å²) in [6.07, 6.45) is 20.5. The van der Waals surface area contributed by atoms with E-state index in [2.05, 4.69) is 77.7 Å². The van der Waals surface area contributed by atoms with Crippen molar-refractivity contribution in [2.75, 3.05) is 0 Å². The zero-order valence-corrected chi connectivity index (χ0v) is 20.3. The van der Waals surface area contributed by atoms with Crippen LogP contribution in [0.1, 0.15) is 40.5 Å². The first kappa shape index (κ1) is 22.1. The van der Waals surface area contributed by atoms with E-state index in [1.54, 1.807) is 0 Å². The summed E-state index contributed by atoms with van der Waals surface area (Å²) in [4.78, 5) is 0. The quantitative estimate of drug-likeness (QED) is 0.404. The molecule has 0 spiro atoms. The van der Waals surface area contributed by atoms with Crippen LogP contribution in [0.5, 0.6) is 0 Å². The summed E-state index contributed by atoms with van der Waals surface area (Å²) in [5.74, 6) is 8.77. The van der Waals surface area contributed by atoms with Crippen LogP contribution in [0.25, 0.3) is 0 Å². The van der Waals surface area contributed by atoms with Crippen LogP contribution in [0.15, 0.2) is 46.6 Å². The van der Waals surface area contributed by atoms with Crippen LogP contribution in [0.2, 0.25) is 0 Å². The van der Waals surface area contributed by atoms with Crippen LogP contribution >= 0.6 is 17.0 Å². The molecule has 0 unspecified atom stereocenters. The van der Waals surface area contributed by atoms with E-state index < -0.39 is 20.8 Å².